The lowest BCUT2D eigenvalue weighted by Gasteiger charge is -2.18. The Morgan fingerprint density at radius 1 is 0.259 bits per heavy atom. The Morgan fingerprint density at radius 2 is 0.481 bits per heavy atom. The Kier molecular flexibility index (Phi) is 65.2. The van der Waals surface area contributed by atoms with Crippen molar-refractivity contribution < 1.29 is 28.6 Å². The largest absolute Gasteiger partial charge is 0.462 e. The topological polar surface area (TPSA) is 78.9 Å². The fraction of sp³-hybridized carbons (Fsp3) is 0.720. The average Bonchev–Trinajstić information content (AvgIpc) is 3.46. The van der Waals surface area contributed by atoms with Crippen molar-refractivity contribution in [2.45, 2.75) is 335 Å². The molecule has 81 heavy (non-hydrogen) atoms. The summed E-state index contributed by atoms with van der Waals surface area (Å²) in [5.41, 5.74) is 0. The third-order valence-electron chi connectivity index (χ3n) is 14.8. The van der Waals surface area contributed by atoms with Crippen LogP contribution >= 0.6 is 0 Å². The number of rotatable bonds is 62. The van der Waals surface area contributed by atoms with Crippen LogP contribution in [0.4, 0.5) is 0 Å². The maximum atomic E-state index is 12.9. The molecule has 0 aliphatic carbocycles. The van der Waals surface area contributed by atoms with Crippen molar-refractivity contribution in [3.05, 3.63) is 109 Å². The number of allylic oxidation sites excluding steroid dienone is 18. The highest BCUT2D eigenvalue weighted by Crippen LogP contribution is 2.17. The Bertz CT molecular complexity index is 1620. The highest BCUT2D eigenvalue weighted by molar-refractivity contribution is 5.71. The molecule has 0 aliphatic rings. The van der Waals surface area contributed by atoms with E-state index in [0.29, 0.717) is 19.3 Å². The fourth-order valence-electron chi connectivity index (χ4n) is 9.70. The van der Waals surface area contributed by atoms with E-state index in [9.17, 15) is 14.4 Å². The number of unbranched alkanes of at least 4 members (excludes halogenated alkanes) is 33. The van der Waals surface area contributed by atoms with E-state index in [4.69, 9.17) is 14.2 Å². The predicted molar refractivity (Wildman–Crippen MR) is 353 cm³/mol. The second-order valence-corrected chi connectivity index (χ2v) is 22.7. The molecule has 0 aromatic carbocycles. The van der Waals surface area contributed by atoms with Crippen LogP contribution in [0.25, 0.3) is 0 Å². The third-order valence-corrected chi connectivity index (χ3v) is 14.8. The molecule has 0 rings (SSSR count). The molecule has 464 valence electrons. The molecule has 0 amide bonds. The second-order valence-electron chi connectivity index (χ2n) is 22.7. The molecule has 0 spiro atoms. The Hall–Kier alpha value is -3.93. The lowest BCUT2D eigenvalue weighted by atomic mass is 10.0. The van der Waals surface area contributed by atoms with Crippen LogP contribution in [0.5, 0.6) is 0 Å². The van der Waals surface area contributed by atoms with Crippen molar-refractivity contribution in [2.24, 2.45) is 0 Å². The summed E-state index contributed by atoms with van der Waals surface area (Å²) < 4.78 is 16.9. The van der Waals surface area contributed by atoms with Crippen LogP contribution in [-0.4, -0.2) is 37.2 Å². The van der Waals surface area contributed by atoms with Crippen molar-refractivity contribution in [2.75, 3.05) is 13.2 Å². The lowest BCUT2D eigenvalue weighted by molar-refractivity contribution is -0.167. The average molecular weight is 1130 g/mol. The normalized spacial score (nSPS) is 12.8. The molecule has 6 heteroatoms. The van der Waals surface area contributed by atoms with Gasteiger partial charge in [0.15, 0.2) is 6.10 Å². The second kappa shape index (κ2) is 68.6. The van der Waals surface area contributed by atoms with Crippen LogP contribution < -0.4 is 0 Å². The predicted octanol–water partition coefficient (Wildman–Crippen LogP) is 23.8. The van der Waals surface area contributed by atoms with E-state index in [-0.39, 0.29) is 31.1 Å². The zero-order valence-electron chi connectivity index (χ0n) is 53.3. The monoisotopic (exact) mass is 1120 g/mol. The summed E-state index contributed by atoms with van der Waals surface area (Å²) in [6.45, 7) is 6.43. The molecular weight excluding hydrogens is 997 g/mol. The smallest absolute Gasteiger partial charge is 0.306 e. The standard InChI is InChI=1S/C75H128O6/c1-4-7-10-13-16-19-22-25-27-28-29-30-31-32-33-34-35-36-37-38-39-40-41-42-43-44-45-46-48-50-53-56-59-62-65-68-74(77)80-71-72(70-79-73(76)67-64-61-58-55-52-49-24-21-18-15-12-9-6-3)81-75(78)69-66-63-60-57-54-51-47-26-23-20-17-14-11-8-5-2/h7-8,10-11,16-17,19-20,25-27,29-30,32-33,35-36,47,72H,4-6,9,12-15,18,21-24,28,31,34,37-46,48-71H2,1-3H3/b10-7-,11-8-,19-16-,20-17-,27-25-,30-29-,33-32-,36-35-,47-26-. The zero-order valence-corrected chi connectivity index (χ0v) is 53.3. The van der Waals surface area contributed by atoms with E-state index >= 15 is 0 Å². The molecule has 0 radical (unpaired) electrons. The molecule has 0 aromatic heterocycles. The van der Waals surface area contributed by atoms with E-state index in [1.54, 1.807) is 0 Å². The van der Waals surface area contributed by atoms with Crippen LogP contribution in [0.15, 0.2) is 109 Å². The third kappa shape index (κ3) is 66.8. The van der Waals surface area contributed by atoms with Crippen molar-refractivity contribution in [1.82, 2.24) is 0 Å². The van der Waals surface area contributed by atoms with Crippen LogP contribution in [0.1, 0.15) is 329 Å². The van der Waals surface area contributed by atoms with Crippen LogP contribution in [0.3, 0.4) is 0 Å². The van der Waals surface area contributed by atoms with Crippen molar-refractivity contribution in [3.63, 3.8) is 0 Å². The van der Waals surface area contributed by atoms with Gasteiger partial charge in [0, 0.05) is 19.3 Å². The number of carbonyl (C=O) groups excluding carboxylic acids is 3. The van der Waals surface area contributed by atoms with Gasteiger partial charge >= 0.3 is 17.9 Å². The molecule has 0 fully saturated rings. The number of carbonyl (C=O) groups is 3. The van der Waals surface area contributed by atoms with Gasteiger partial charge in [0.2, 0.25) is 0 Å². The number of hydrogen-bond donors (Lipinski definition) is 0. The van der Waals surface area contributed by atoms with E-state index in [2.05, 4.69) is 130 Å². The van der Waals surface area contributed by atoms with Gasteiger partial charge in [-0.15, -0.1) is 0 Å². The Labute approximate surface area is 501 Å². The Balaban J connectivity index is 4.14. The number of ether oxygens (including phenoxy) is 3. The van der Waals surface area contributed by atoms with Crippen LogP contribution in [0, 0.1) is 0 Å². The quantitative estimate of drug-likeness (QED) is 0.0261. The highest BCUT2D eigenvalue weighted by atomic mass is 16.6. The van der Waals surface area contributed by atoms with Gasteiger partial charge in [0.1, 0.15) is 13.2 Å². The zero-order chi connectivity index (χ0) is 58.5. The number of esters is 3. The molecular formula is C75H128O6. The van der Waals surface area contributed by atoms with E-state index < -0.39 is 6.10 Å². The Morgan fingerprint density at radius 3 is 0.753 bits per heavy atom. The van der Waals surface area contributed by atoms with Crippen molar-refractivity contribution >= 4 is 17.9 Å². The molecule has 0 aromatic rings. The molecule has 0 saturated heterocycles. The lowest BCUT2D eigenvalue weighted by Crippen LogP contribution is -2.30. The fourth-order valence-corrected chi connectivity index (χ4v) is 9.70. The SMILES string of the molecule is CC/C=C\C/C=C\C/C=C\C/C=C\C/C=C\C/C=C\CCCCCCCCCCCCCCCCCCC(=O)OCC(COC(=O)CCCCCCCCCCCCCCC)OC(=O)CCCCCCC/C=C\C/C=C\C/C=C\CC. The summed E-state index contributed by atoms with van der Waals surface area (Å²) in [4.78, 5) is 38.3. The number of hydrogen-bond acceptors (Lipinski definition) is 6. The maximum absolute atomic E-state index is 12.9. The highest BCUT2D eigenvalue weighted by Gasteiger charge is 2.19. The van der Waals surface area contributed by atoms with Crippen LogP contribution in [-0.2, 0) is 28.6 Å². The molecule has 6 nitrogen and oxygen atoms in total. The molecule has 1 unspecified atom stereocenters. The molecule has 0 heterocycles. The van der Waals surface area contributed by atoms with Gasteiger partial charge in [-0.3, -0.25) is 14.4 Å². The molecule has 0 aliphatic heterocycles. The van der Waals surface area contributed by atoms with Gasteiger partial charge in [0.05, 0.1) is 0 Å². The first-order chi connectivity index (χ1) is 40.0. The summed E-state index contributed by atoms with van der Waals surface area (Å²) in [6, 6.07) is 0. The van der Waals surface area contributed by atoms with E-state index in [1.165, 1.54) is 154 Å². The van der Waals surface area contributed by atoms with Gasteiger partial charge < -0.3 is 14.2 Å². The van der Waals surface area contributed by atoms with E-state index in [1.807, 2.05) is 0 Å². The minimum Gasteiger partial charge on any atom is -0.462 e. The summed E-state index contributed by atoms with van der Waals surface area (Å²) >= 11 is 0. The van der Waals surface area contributed by atoms with Crippen molar-refractivity contribution in [1.29, 1.82) is 0 Å². The summed E-state index contributed by atoms with van der Waals surface area (Å²) in [5, 5.41) is 0. The first-order valence-electron chi connectivity index (χ1n) is 34.4. The molecule has 1 atom stereocenters. The molecule has 0 bridgehead atoms. The summed E-state index contributed by atoms with van der Waals surface area (Å²) in [5.74, 6) is -0.885. The first kappa shape index (κ1) is 77.1. The van der Waals surface area contributed by atoms with Gasteiger partial charge in [0.25, 0.3) is 0 Å². The summed E-state index contributed by atoms with van der Waals surface area (Å²) in [6.07, 6.45) is 94.1. The van der Waals surface area contributed by atoms with Gasteiger partial charge in [-0.25, -0.2) is 0 Å². The molecule has 0 saturated carbocycles. The van der Waals surface area contributed by atoms with Crippen LogP contribution in [0.2, 0.25) is 0 Å². The van der Waals surface area contributed by atoms with Gasteiger partial charge in [-0.1, -0.05) is 316 Å². The summed E-state index contributed by atoms with van der Waals surface area (Å²) in [7, 11) is 0. The first-order valence-corrected chi connectivity index (χ1v) is 34.4. The minimum absolute atomic E-state index is 0.0805. The maximum Gasteiger partial charge on any atom is 0.306 e. The van der Waals surface area contributed by atoms with E-state index in [0.717, 1.165) is 135 Å². The van der Waals surface area contributed by atoms with Crippen molar-refractivity contribution in [3.8, 4) is 0 Å². The molecule has 0 N–H and O–H groups in total. The van der Waals surface area contributed by atoms with Gasteiger partial charge in [-0.2, -0.15) is 0 Å². The minimum atomic E-state index is -0.785. The van der Waals surface area contributed by atoms with Gasteiger partial charge in [-0.05, 0) is 103 Å².